The van der Waals surface area contributed by atoms with Gasteiger partial charge in [0.15, 0.2) is 0 Å². The van der Waals surface area contributed by atoms with Crippen molar-refractivity contribution < 1.29 is 17.9 Å². The molecule has 38 heavy (non-hydrogen) atoms. The lowest BCUT2D eigenvalue weighted by Crippen LogP contribution is -2.40. The Bertz CT molecular complexity index is 1340. The predicted octanol–water partition coefficient (Wildman–Crippen LogP) is 4.91. The third-order valence-corrected chi connectivity index (χ3v) is 9.36. The number of hydrogen-bond acceptors (Lipinski definition) is 5. The fourth-order valence-electron chi connectivity index (χ4n) is 5.64. The molecule has 202 valence electrons. The first-order chi connectivity index (χ1) is 18.4. The average molecular weight is 536 g/mol. The van der Waals surface area contributed by atoms with E-state index in [-0.39, 0.29) is 28.8 Å². The minimum Gasteiger partial charge on any atom is -0.376 e. The maximum absolute atomic E-state index is 13.7. The summed E-state index contributed by atoms with van der Waals surface area (Å²) in [6, 6.07) is 17.3. The largest absolute Gasteiger partial charge is 0.376 e. The first-order valence-corrected chi connectivity index (χ1v) is 15.3. The molecule has 2 fully saturated rings. The molecule has 1 aromatic heterocycles. The molecule has 2 aromatic carbocycles. The molecule has 0 radical (unpaired) electrons. The molecule has 1 saturated heterocycles. The van der Waals surface area contributed by atoms with Gasteiger partial charge in [0.25, 0.3) is 0 Å². The normalized spacial score (nSPS) is 18.2. The molecule has 2 aliphatic rings. The zero-order valence-corrected chi connectivity index (χ0v) is 22.9. The number of rotatable bonds is 10. The number of sulfone groups is 1. The van der Waals surface area contributed by atoms with Gasteiger partial charge in [-0.05, 0) is 49.3 Å². The monoisotopic (exact) mass is 535 g/mol. The van der Waals surface area contributed by atoms with Crippen LogP contribution in [-0.2, 0) is 38.2 Å². The highest BCUT2D eigenvalue weighted by Crippen LogP contribution is 2.29. The van der Waals surface area contributed by atoms with Crippen molar-refractivity contribution in [2.24, 2.45) is 5.92 Å². The van der Waals surface area contributed by atoms with Gasteiger partial charge in [0.2, 0.25) is 20.9 Å². The highest BCUT2D eigenvalue weighted by molar-refractivity contribution is 7.90. The lowest BCUT2D eigenvalue weighted by atomic mass is 10.1. The number of carbonyl (C=O) groups is 1. The SMILES string of the molecule is Cc1ccccc1CS(=O)(=O)c1ncc(CN(C[C@@H]2CCCO2)C(=O)C2CCCC2)n1Cc1ccccc1. The van der Waals surface area contributed by atoms with Crippen LogP contribution in [0, 0.1) is 12.8 Å². The van der Waals surface area contributed by atoms with Crippen LogP contribution >= 0.6 is 0 Å². The third-order valence-electron chi connectivity index (χ3n) is 7.79. The zero-order valence-electron chi connectivity index (χ0n) is 22.1. The Morgan fingerprint density at radius 2 is 1.76 bits per heavy atom. The van der Waals surface area contributed by atoms with E-state index in [1.165, 1.54) is 0 Å². The van der Waals surface area contributed by atoms with E-state index >= 15 is 0 Å². The summed E-state index contributed by atoms with van der Waals surface area (Å²) in [6.07, 6.45) is 7.60. The second-order valence-electron chi connectivity index (χ2n) is 10.6. The summed E-state index contributed by atoms with van der Waals surface area (Å²) in [7, 11) is -3.74. The van der Waals surface area contributed by atoms with Crippen molar-refractivity contribution in [3.05, 3.63) is 83.2 Å². The molecular formula is C30H37N3O4S. The Hall–Kier alpha value is -2.97. The van der Waals surface area contributed by atoms with Gasteiger partial charge in [0.1, 0.15) is 0 Å². The van der Waals surface area contributed by atoms with Crippen molar-refractivity contribution in [1.29, 1.82) is 0 Å². The van der Waals surface area contributed by atoms with Crippen molar-refractivity contribution >= 4 is 15.7 Å². The van der Waals surface area contributed by atoms with Crippen LogP contribution < -0.4 is 0 Å². The number of imidazole rings is 1. The predicted molar refractivity (Wildman–Crippen MR) is 146 cm³/mol. The van der Waals surface area contributed by atoms with Gasteiger partial charge in [-0.2, -0.15) is 0 Å². The number of benzene rings is 2. The minimum absolute atomic E-state index is 0.0232. The standard InChI is InChI=1S/C30H37N3O4S/c1-23-10-5-6-15-26(23)22-38(35,36)30-31-18-27(33(30)19-24-11-3-2-4-12-24)20-32(21-28-16-9-17-37-28)29(34)25-13-7-8-14-25/h2-6,10-12,15,18,25,28H,7-9,13-14,16-17,19-22H2,1H3/t28-/m0/s1. The van der Waals surface area contributed by atoms with Crippen molar-refractivity contribution in [3.8, 4) is 0 Å². The van der Waals surface area contributed by atoms with Gasteiger partial charge in [-0.15, -0.1) is 0 Å². The summed E-state index contributed by atoms with van der Waals surface area (Å²) in [5, 5.41) is 0.0463. The van der Waals surface area contributed by atoms with Gasteiger partial charge in [-0.25, -0.2) is 13.4 Å². The molecule has 7 nitrogen and oxygen atoms in total. The fourth-order valence-corrected chi connectivity index (χ4v) is 7.23. The molecule has 1 amide bonds. The quantitative estimate of drug-likeness (QED) is 0.368. The molecule has 2 heterocycles. The number of aromatic nitrogens is 2. The van der Waals surface area contributed by atoms with Gasteiger partial charge in [0, 0.05) is 19.1 Å². The van der Waals surface area contributed by atoms with Crippen molar-refractivity contribution in [2.45, 2.75) is 75.6 Å². The van der Waals surface area contributed by atoms with Crippen LogP contribution in [0.5, 0.6) is 0 Å². The molecule has 1 aliphatic heterocycles. The summed E-state index contributed by atoms with van der Waals surface area (Å²) >= 11 is 0. The fraction of sp³-hybridized carbons (Fsp3) is 0.467. The van der Waals surface area contributed by atoms with Crippen LogP contribution in [0.4, 0.5) is 0 Å². The highest BCUT2D eigenvalue weighted by atomic mass is 32.2. The smallest absolute Gasteiger partial charge is 0.228 e. The number of aryl methyl sites for hydroxylation is 1. The minimum atomic E-state index is -3.74. The third kappa shape index (κ3) is 6.18. The van der Waals surface area contributed by atoms with E-state index in [9.17, 15) is 13.2 Å². The maximum atomic E-state index is 13.7. The molecule has 0 bridgehead atoms. The highest BCUT2D eigenvalue weighted by Gasteiger charge is 2.32. The van der Waals surface area contributed by atoms with E-state index in [4.69, 9.17) is 4.74 Å². The summed E-state index contributed by atoms with van der Waals surface area (Å²) in [5.74, 6) is 0.0619. The molecule has 1 saturated carbocycles. The molecule has 3 aromatic rings. The van der Waals surface area contributed by atoms with Crippen LogP contribution in [0.25, 0.3) is 0 Å². The zero-order chi connectivity index (χ0) is 26.5. The topological polar surface area (TPSA) is 81.5 Å². The number of carbonyl (C=O) groups excluding carboxylic acids is 1. The summed E-state index contributed by atoms with van der Waals surface area (Å²) < 4.78 is 35.1. The lowest BCUT2D eigenvalue weighted by molar-refractivity contribution is -0.137. The van der Waals surface area contributed by atoms with E-state index < -0.39 is 9.84 Å². The molecule has 0 N–H and O–H groups in total. The molecule has 0 unspecified atom stereocenters. The van der Waals surface area contributed by atoms with Gasteiger partial charge in [-0.1, -0.05) is 67.4 Å². The van der Waals surface area contributed by atoms with Crippen molar-refractivity contribution in [1.82, 2.24) is 14.5 Å². The van der Waals surface area contributed by atoms with Crippen molar-refractivity contribution in [3.63, 3.8) is 0 Å². The molecule has 8 heteroatoms. The Labute approximate surface area is 225 Å². The summed E-state index contributed by atoms with van der Waals surface area (Å²) in [5.41, 5.74) is 3.40. The number of hydrogen-bond donors (Lipinski definition) is 0. The molecule has 5 rings (SSSR count). The second-order valence-corrected chi connectivity index (χ2v) is 12.5. The Kier molecular flexibility index (Phi) is 8.29. The van der Waals surface area contributed by atoms with Gasteiger partial charge >= 0.3 is 0 Å². The lowest BCUT2D eigenvalue weighted by Gasteiger charge is -2.28. The average Bonchev–Trinajstić information content (AvgIpc) is 3.69. The molecule has 0 spiro atoms. The van der Waals surface area contributed by atoms with Crippen molar-refractivity contribution in [2.75, 3.05) is 13.2 Å². The Morgan fingerprint density at radius 3 is 2.47 bits per heavy atom. The van der Waals surface area contributed by atoms with Crippen LogP contribution in [0.15, 0.2) is 66.0 Å². The summed E-state index contributed by atoms with van der Waals surface area (Å²) in [4.78, 5) is 20.0. The van der Waals surface area contributed by atoms with Crippen LogP contribution in [-0.4, -0.2) is 48.0 Å². The van der Waals surface area contributed by atoms with E-state index in [0.717, 1.165) is 67.5 Å². The van der Waals surface area contributed by atoms with Crippen LogP contribution in [0.2, 0.25) is 0 Å². The number of ether oxygens (including phenoxy) is 1. The van der Waals surface area contributed by atoms with E-state index in [2.05, 4.69) is 4.98 Å². The van der Waals surface area contributed by atoms with Gasteiger partial charge < -0.3 is 14.2 Å². The van der Waals surface area contributed by atoms with E-state index in [1.54, 1.807) is 10.8 Å². The number of nitrogens with zero attached hydrogens (tertiary/aromatic N) is 3. The number of amides is 1. The van der Waals surface area contributed by atoms with E-state index in [1.807, 2.05) is 66.4 Å². The first kappa shape index (κ1) is 26.6. The van der Waals surface area contributed by atoms with Crippen LogP contribution in [0.3, 0.4) is 0 Å². The summed E-state index contributed by atoms with van der Waals surface area (Å²) in [6.45, 7) is 3.85. The first-order valence-electron chi connectivity index (χ1n) is 13.7. The van der Waals surface area contributed by atoms with E-state index in [0.29, 0.717) is 19.6 Å². The van der Waals surface area contributed by atoms with Gasteiger partial charge in [-0.3, -0.25) is 4.79 Å². The molecule has 1 aliphatic carbocycles. The molecular weight excluding hydrogens is 498 g/mol. The Morgan fingerprint density at radius 1 is 1.03 bits per heavy atom. The Balaban J connectivity index is 1.48. The second kappa shape index (κ2) is 11.8. The van der Waals surface area contributed by atoms with Gasteiger partial charge in [0.05, 0.1) is 36.8 Å². The van der Waals surface area contributed by atoms with Crippen LogP contribution in [0.1, 0.15) is 60.9 Å². The maximum Gasteiger partial charge on any atom is 0.228 e. The molecule has 1 atom stereocenters.